The zero-order valence-corrected chi connectivity index (χ0v) is 20.4. The van der Waals surface area contributed by atoms with Gasteiger partial charge in [0.05, 0.1) is 6.54 Å². The van der Waals surface area contributed by atoms with Gasteiger partial charge in [-0.2, -0.15) is 0 Å². The molecule has 0 saturated heterocycles. The van der Waals surface area contributed by atoms with E-state index in [2.05, 4.69) is 65.1 Å². The number of benzene rings is 1. The molecule has 0 saturated carbocycles. The van der Waals surface area contributed by atoms with Gasteiger partial charge in [-0.25, -0.2) is 9.13 Å². The van der Waals surface area contributed by atoms with Gasteiger partial charge in [0, 0.05) is 0 Å². The molecule has 0 atom stereocenters. The van der Waals surface area contributed by atoms with E-state index < -0.39 is 0 Å². The lowest BCUT2D eigenvalue weighted by molar-refractivity contribution is -0.687. The summed E-state index contributed by atoms with van der Waals surface area (Å²) in [6.07, 6.45) is 31.1. The third kappa shape index (κ3) is 13.4. The largest absolute Gasteiger partial charge is 0.244 e. The molecular weight excluding hydrogens is 376 g/mol. The van der Waals surface area contributed by atoms with Crippen molar-refractivity contribution < 1.29 is 4.57 Å². The van der Waals surface area contributed by atoms with Crippen molar-refractivity contribution in [2.45, 2.75) is 129 Å². The molecule has 0 amide bonds. The first-order valence-electron chi connectivity index (χ1n) is 13.5. The van der Waals surface area contributed by atoms with Gasteiger partial charge >= 0.3 is 0 Å². The molecule has 2 nitrogen and oxygen atoms in total. The Morgan fingerprint density at radius 2 is 1.10 bits per heavy atom. The van der Waals surface area contributed by atoms with E-state index in [9.17, 15) is 0 Å². The summed E-state index contributed by atoms with van der Waals surface area (Å²) in [4.78, 5) is 0. The fraction of sp³-hybridized carbons (Fsp3) is 0.690. The molecule has 0 radical (unpaired) electrons. The second-order valence-corrected chi connectivity index (χ2v) is 9.47. The van der Waals surface area contributed by atoms with Gasteiger partial charge in [-0.1, -0.05) is 134 Å². The Bertz CT molecular complexity index is 631. The zero-order chi connectivity index (χ0) is 21.8. The summed E-state index contributed by atoms with van der Waals surface area (Å²) in [7, 11) is 0. The minimum atomic E-state index is 0.965. The molecule has 0 bridgehead atoms. The van der Waals surface area contributed by atoms with Crippen LogP contribution in [0.15, 0.2) is 49.1 Å². The highest BCUT2D eigenvalue weighted by Crippen LogP contribution is 2.14. The Kier molecular flexibility index (Phi) is 15.0. The Morgan fingerprint density at radius 1 is 0.613 bits per heavy atom. The van der Waals surface area contributed by atoms with Crippen LogP contribution in [0.5, 0.6) is 0 Å². The maximum absolute atomic E-state index is 2.34. The molecule has 1 aromatic heterocycles. The fourth-order valence-electron chi connectivity index (χ4n) is 4.48. The molecule has 31 heavy (non-hydrogen) atoms. The van der Waals surface area contributed by atoms with Crippen molar-refractivity contribution in [1.29, 1.82) is 0 Å². The highest BCUT2D eigenvalue weighted by Gasteiger charge is 2.04. The number of aryl methyl sites for hydroxylation is 1. The average molecular weight is 426 g/mol. The molecule has 0 aliphatic rings. The summed E-state index contributed by atoms with van der Waals surface area (Å²) in [5, 5.41) is 0. The molecule has 2 aromatic rings. The molecule has 2 heteroatoms. The minimum Gasteiger partial charge on any atom is -0.237 e. The first kappa shape index (κ1) is 25.7. The summed E-state index contributed by atoms with van der Waals surface area (Å²) in [5.74, 6) is 0. The lowest BCUT2D eigenvalue weighted by Gasteiger charge is -2.03. The van der Waals surface area contributed by atoms with Crippen molar-refractivity contribution in [3.8, 4) is 0 Å². The molecule has 0 unspecified atom stereocenters. The lowest BCUT2D eigenvalue weighted by atomic mass is 10.0. The van der Waals surface area contributed by atoms with Crippen LogP contribution in [0.25, 0.3) is 0 Å². The van der Waals surface area contributed by atoms with E-state index in [0.717, 1.165) is 13.1 Å². The molecule has 174 valence electrons. The monoisotopic (exact) mass is 425 g/mol. The van der Waals surface area contributed by atoms with Crippen LogP contribution in [-0.2, 0) is 13.1 Å². The van der Waals surface area contributed by atoms with Gasteiger partial charge in [-0.05, 0) is 18.4 Å². The average Bonchev–Trinajstić information content (AvgIpc) is 3.23. The first-order chi connectivity index (χ1) is 15.4. The van der Waals surface area contributed by atoms with Gasteiger partial charge in [0.25, 0.3) is 0 Å². The van der Waals surface area contributed by atoms with Crippen LogP contribution in [0.3, 0.4) is 0 Å². The molecular formula is C29H49N2+. The van der Waals surface area contributed by atoms with Crippen molar-refractivity contribution >= 4 is 0 Å². The summed E-state index contributed by atoms with van der Waals surface area (Å²) in [5.41, 5.74) is 1.36. The highest BCUT2D eigenvalue weighted by atomic mass is 15.1. The predicted octanol–water partition coefficient (Wildman–Crippen LogP) is 8.48. The van der Waals surface area contributed by atoms with Crippen LogP contribution in [0.1, 0.15) is 122 Å². The molecule has 0 N–H and O–H groups in total. The van der Waals surface area contributed by atoms with E-state index in [1.807, 2.05) is 0 Å². The zero-order valence-electron chi connectivity index (χ0n) is 20.4. The van der Waals surface area contributed by atoms with Gasteiger partial charge in [0.2, 0.25) is 6.33 Å². The number of rotatable bonds is 20. The molecule has 0 aliphatic heterocycles. The van der Waals surface area contributed by atoms with E-state index in [4.69, 9.17) is 0 Å². The molecule has 0 fully saturated rings. The predicted molar refractivity (Wildman–Crippen MR) is 134 cm³/mol. The van der Waals surface area contributed by atoms with Crippen molar-refractivity contribution in [2.75, 3.05) is 0 Å². The van der Waals surface area contributed by atoms with Gasteiger partial charge in [-0.15, -0.1) is 0 Å². The second kappa shape index (κ2) is 18.0. The van der Waals surface area contributed by atoms with Crippen LogP contribution in [0.4, 0.5) is 0 Å². The number of aromatic nitrogens is 2. The van der Waals surface area contributed by atoms with Gasteiger partial charge in [-0.3, -0.25) is 0 Å². The Hall–Kier alpha value is -1.57. The fourth-order valence-corrected chi connectivity index (χ4v) is 4.48. The summed E-state index contributed by atoms with van der Waals surface area (Å²) in [6.45, 7) is 4.42. The lowest BCUT2D eigenvalue weighted by Crippen LogP contribution is -2.31. The van der Waals surface area contributed by atoms with Crippen molar-refractivity contribution in [1.82, 2.24) is 4.57 Å². The molecule has 1 heterocycles. The third-order valence-corrected chi connectivity index (χ3v) is 6.47. The highest BCUT2D eigenvalue weighted by molar-refractivity contribution is 5.13. The summed E-state index contributed by atoms with van der Waals surface area (Å²) < 4.78 is 4.62. The van der Waals surface area contributed by atoms with E-state index in [0.29, 0.717) is 0 Å². The van der Waals surface area contributed by atoms with E-state index in [1.165, 1.54) is 115 Å². The number of imidazole rings is 1. The Labute approximate surface area is 193 Å². The maximum Gasteiger partial charge on any atom is 0.244 e. The summed E-state index contributed by atoms with van der Waals surface area (Å²) >= 11 is 0. The first-order valence-corrected chi connectivity index (χ1v) is 13.5. The topological polar surface area (TPSA) is 8.81 Å². The summed E-state index contributed by atoms with van der Waals surface area (Å²) in [6, 6.07) is 10.7. The van der Waals surface area contributed by atoms with Gasteiger partial charge < -0.3 is 0 Å². The second-order valence-electron chi connectivity index (χ2n) is 9.47. The molecule has 0 aliphatic carbocycles. The van der Waals surface area contributed by atoms with Gasteiger partial charge in [0.15, 0.2) is 0 Å². The Balaban J connectivity index is 1.33. The van der Waals surface area contributed by atoms with Crippen LogP contribution in [0, 0.1) is 0 Å². The molecule has 2 rings (SSSR count). The van der Waals surface area contributed by atoms with Crippen LogP contribution in [-0.4, -0.2) is 4.57 Å². The Morgan fingerprint density at radius 3 is 1.61 bits per heavy atom. The number of nitrogens with zero attached hydrogens (tertiary/aromatic N) is 2. The third-order valence-electron chi connectivity index (χ3n) is 6.47. The van der Waals surface area contributed by atoms with Crippen LogP contribution in [0.2, 0.25) is 0 Å². The SMILES string of the molecule is CCCCCCCCCCCCCCCCCCCn1cc[n+](Cc2ccccc2)c1. The van der Waals surface area contributed by atoms with E-state index >= 15 is 0 Å². The van der Waals surface area contributed by atoms with Crippen molar-refractivity contribution in [2.24, 2.45) is 0 Å². The standard InChI is InChI=1S/C29H49N2/c1-2-3-4-5-6-7-8-9-10-11-12-13-14-15-16-17-21-24-30-25-26-31(28-30)27-29-22-19-18-20-23-29/h18-20,22-23,25-26,28H,2-17,21,24,27H2,1H3/q+1. The quantitative estimate of drug-likeness (QED) is 0.148. The number of hydrogen-bond donors (Lipinski definition) is 0. The minimum absolute atomic E-state index is 0.965. The normalized spacial score (nSPS) is 11.3. The van der Waals surface area contributed by atoms with E-state index in [-0.39, 0.29) is 0 Å². The van der Waals surface area contributed by atoms with Gasteiger partial charge in [0.1, 0.15) is 18.9 Å². The number of unbranched alkanes of at least 4 members (excludes halogenated alkanes) is 16. The van der Waals surface area contributed by atoms with E-state index in [1.54, 1.807) is 0 Å². The maximum atomic E-state index is 2.34. The molecule has 1 aromatic carbocycles. The van der Waals surface area contributed by atoms with Crippen molar-refractivity contribution in [3.63, 3.8) is 0 Å². The number of hydrogen-bond acceptors (Lipinski definition) is 0. The molecule has 0 spiro atoms. The van der Waals surface area contributed by atoms with Crippen molar-refractivity contribution in [3.05, 3.63) is 54.6 Å². The van der Waals surface area contributed by atoms with Crippen LogP contribution >= 0.6 is 0 Å². The van der Waals surface area contributed by atoms with Crippen LogP contribution < -0.4 is 4.57 Å². The smallest absolute Gasteiger partial charge is 0.237 e.